The van der Waals surface area contributed by atoms with Gasteiger partial charge in [0.25, 0.3) is 0 Å². The number of hydrogen-bond donors (Lipinski definition) is 0. The summed E-state index contributed by atoms with van der Waals surface area (Å²) in [4.78, 5) is 0. The molecule has 0 saturated carbocycles. The van der Waals surface area contributed by atoms with E-state index in [1.54, 1.807) is 0 Å². The van der Waals surface area contributed by atoms with Crippen molar-refractivity contribution < 1.29 is 0 Å². The molecule has 0 spiro atoms. The van der Waals surface area contributed by atoms with Crippen LogP contribution in [0.3, 0.4) is 0 Å². The topological polar surface area (TPSA) is 40.6 Å². The van der Waals surface area contributed by atoms with Crippen molar-refractivity contribution >= 4 is 32.7 Å². The molecule has 6 aromatic carbocycles. The van der Waals surface area contributed by atoms with E-state index in [0.717, 1.165) is 39.8 Å². The lowest BCUT2D eigenvalue weighted by Gasteiger charge is -2.14. The average molecular weight is 578 g/mol. The first-order valence-corrected chi connectivity index (χ1v) is 15.1. The molecule has 9 rings (SSSR count). The summed E-state index contributed by atoms with van der Waals surface area (Å²) in [6.45, 7) is 0. The van der Waals surface area contributed by atoms with Crippen molar-refractivity contribution in [2.45, 2.75) is 0 Å². The fraction of sp³-hybridized carbons (Fsp3) is 0. The smallest absolute Gasteiger partial charge is 0.168 e. The van der Waals surface area contributed by atoms with Gasteiger partial charge >= 0.3 is 0 Å². The summed E-state index contributed by atoms with van der Waals surface area (Å²) < 4.78 is 6.86. The van der Waals surface area contributed by atoms with Gasteiger partial charge in [0, 0.05) is 50.5 Å². The van der Waals surface area contributed by atoms with Crippen molar-refractivity contribution in [1.82, 2.24) is 23.9 Å². The van der Waals surface area contributed by atoms with Crippen molar-refractivity contribution in [3.05, 3.63) is 164 Å². The third-order valence-electron chi connectivity index (χ3n) is 8.61. The van der Waals surface area contributed by atoms with Gasteiger partial charge in [-0.1, -0.05) is 109 Å². The van der Waals surface area contributed by atoms with Gasteiger partial charge in [0.05, 0.1) is 16.6 Å². The van der Waals surface area contributed by atoms with Crippen LogP contribution in [0, 0.1) is 0 Å². The lowest BCUT2D eigenvalue weighted by molar-refractivity contribution is 1.06. The standard InChI is InChI=1S/C40H27N5/c1-4-12-29(13-5-1)39-41-42-40(30-14-6-2-7-15-30)45(39)33-23-21-32(22-24-33)44-36-19-11-10-18-34(36)35-25-20-28-26-27-43(37(28)38(35)44)31-16-8-3-9-17-31/h1-27H. The van der Waals surface area contributed by atoms with Crippen LogP contribution in [0.4, 0.5) is 0 Å². The lowest BCUT2D eigenvalue weighted by Crippen LogP contribution is -2.02. The molecule has 0 saturated heterocycles. The van der Waals surface area contributed by atoms with E-state index in [0.29, 0.717) is 0 Å². The zero-order valence-corrected chi connectivity index (χ0v) is 24.3. The van der Waals surface area contributed by atoms with Crippen LogP contribution < -0.4 is 0 Å². The Morgan fingerprint density at radius 1 is 0.378 bits per heavy atom. The minimum atomic E-state index is 0.807. The van der Waals surface area contributed by atoms with Gasteiger partial charge in [0.1, 0.15) is 0 Å². The van der Waals surface area contributed by atoms with Crippen LogP contribution in [-0.4, -0.2) is 23.9 Å². The van der Waals surface area contributed by atoms with Crippen LogP contribution in [0.15, 0.2) is 164 Å². The maximum atomic E-state index is 4.67. The molecule has 3 heterocycles. The van der Waals surface area contributed by atoms with Crippen LogP contribution in [0.1, 0.15) is 0 Å². The zero-order chi connectivity index (χ0) is 29.7. The second kappa shape index (κ2) is 10.2. The molecule has 0 atom stereocenters. The Balaban J connectivity index is 1.28. The fourth-order valence-electron chi connectivity index (χ4n) is 6.57. The van der Waals surface area contributed by atoms with E-state index >= 15 is 0 Å². The minimum Gasteiger partial charge on any atom is -0.315 e. The Morgan fingerprint density at radius 2 is 0.933 bits per heavy atom. The monoisotopic (exact) mass is 577 g/mol. The summed E-state index contributed by atoms with van der Waals surface area (Å²) in [5, 5.41) is 13.0. The largest absolute Gasteiger partial charge is 0.315 e. The lowest BCUT2D eigenvalue weighted by atomic mass is 10.1. The first-order chi connectivity index (χ1) is 22.3. The summed E-state index contributed by atoms with van der Waals surface area (Å²) >= 11 is 0. The molecule has 45 heavy (non-hydrogen) atoms. The van der Waals surface area contributed by atoms with Crippen molar-refractivity contribution in [3.63, 3.8) is 0 Å². The van der Waals surface area contributed by atoms with Crippen LogP contribution in [-0.2, 0) is 0 Å². The van der Waals surface area contributed by atoms with Crippen molar-refractivity contribution in [1.29, 1.82) is 0 Å². The van der Waals surface area contributed by atoms with Gasteiger partial charge in [-0.3, -0.25) is 4.57 Å². The molecule has 9 aromatic rings. The zero-order valence-electron chi connectivity index (χ0n) is 24.3. The first-order valence-electron chi connectivity index (χ1n) is 15.1. The van der Waals surface area contributed by atoms with Gasteiger partial charge in [-0.25, -0.2) is 0 Å². The molecule has 3 aromatic heterocycles. The molecule has 0 N–H and O–H groups in total. The highest BCUT2D eigenvalue weighted by atomic mass is 15.3. The van der Waals surface area contributed by atoms with Crippen LogP contribution in [0.5, 0.6) is 0 Å². The Hall–Kier alpha value is -6.20. The SMILES string of the molecule is c1ccc(-c2nnc(-c3ccccc3)n2-c2ccc(-n3c4ccccc4c4ccc5ccn(-c6ccccc6)c5c43)cc2)cc1. The predicted octanol–water partition coefficient (Wildman–Crippen LogP) is 9.64. The Kier molecular flexibility index (Phi) is 5.74. The molecule has 5 heteroatoms. The highest BCUT2D eigenvalue weighted by Crippen LogP contribution is 2.38. The molecule has 0 aliphatic carbocycles. The number of nitrogens with zero attached hydrogens (tertiary/aromatic N) is 5. The number of fused-ring (bicyclic) bond motifs is 5. The predicted molar refractivity (Wildman–Crippen MR) is 183 cm³/mol. The maximum Gasteiger partial charge on any atom is 0.168 e. The quantitative estimate of drug-likeness (QED) is 0.204. The molecule has 0 amide bonds. The highest BCUT2D eigenvalue weighted by molar-refractivity contribution is 6.18. The number of aromatic nitrogens is 5. The molecule has 0 unspecified atom stereocenters. The number of benzene rings is 6. The second-order valence-electron chi connectivity index (χ2n) is 11.2. The average Bonchev–Trinajstić information content (AvgIpc) is 3.84. The van der Waals surface area contributed by atoms with E-state index < -0.39 is 0 Å². The van der Waals surface area contributed by atoms with Crippen molar-refractivity contribution in [2.24, 2.45) is 0 Å². The minimum absolute atomic E-state index is 0.807. The molecule has 5 nitrogen and oxygen atoms in total. The summed E-state index contributed by atoms with van der Waals surface area (Å²) in [7, 11) is 0. The number of para-hydroxylation sites is 2. The maximum absolute atomic E-state index is 4.67. The van der Waals surface area contributed by atoms with E-state index in [-0.39, 0.29) is 0 Å². The van der Waals surface area contributed by atoms with Gasteiger partial charge in [0.15, 0.2) is 11.6 Å². The summed E-state index contributed by atoms with van der Waals surface area (Å²) in [5.74, 6) is 1.61. The highest BCUT2D eigenvalue weighted by Gasteiger charge is 2.20. The second-order valence-corrected chi connectivity index (χ2v) is 11.2. The Bertz CT molecular complexity index is 2390. The van der Waals surface area contributed by atoms with E-state index in [2.05, 4.69) is 151 Å². The van der Waals surface area contributed by atoms with Gasteiger partial charge in [0.2, 0.25) is 0 Å². The summed E-state index contributed by atoms with van der Waals surface area (Å²) in [6, 6.07) is 55.2. The number of rotatable bonds is 5. The van der Waals surface area contributed by atoms with Crippen molar-refractivity contribution in [2.75, 3.05) is 0 Å². The van der Waals surface area contributed by atoms with E-state index in [4.69, 9.17) is 0 Å². The van der Waals surface area contributed by atoms with Crippen LogP contribution in [0.2, 0.25) is 0 Å². The molecule has 0 radical (unpaired) electrons. The third-order valence-corrected chi connectivity index (χ3v) is 8.61. The molecular formula is C40H27N5. The van der Waals surface area contributed by atoms with Gasteiger partial charge < -0.3 is 9.13 Å². The molecule has 0 aliphatic rings. The van der Waals surface area contributed by atoms with Crippen molar-refractivity contribution in [3.8, 4) is 39.8 Å². The summed E-state index contributed by atoms with van der Waals surface area (Å²) in [6.07, 6.45) is 2.17. The molecular weight excluding hydrogens is 550 g/mol. The molecule has 212 valence electrons. The first kappa shape index (κ1) is 25.3. The Morgan fingerprint density at radius 3 is 1.58 bits per heavy atom. The normalized spacial score (nSPS) is 11.6. The van der Waals surface area contributed by atoms with E-state index in [9.17, 15) is 0 Å². The van der Waals surface area contributed by atoms with E-state index in [1.165, 1.54) is 32.7 Å². The van der Waals surface area contributed by atoms with Gasteiger partial charge in [-0.15, -0.1) is 10.2 Å². The number of hydrogen-bond acceptors (Lipinski definition) is 2. The van der Waals surface area contributed by atoms with E-state index in [1.807, 2.05) is 36.4 Å². The molecule has 0 bridgehead atoms. The van der Waals surface area contributed by atoms with Gasteiger partial charge in [-0.05, 0) is 48.5 Å². The van der Waals surface area contributed by atoms with Crippen LogP contribution in [0.25, 0.3) is 72.5 Å². The van der Waals surface area contributed by atoms with Crippen LogP contribution >= 0.6 is 0 Å². The van der Waals surface area contributed by atoms with Gasteiger partial charge in [-0.2, -0.15) is 0 Å². The fourth-order valence-corrected chi connectivity index (χ4v) is 6.57. The molecule has 0 fully saturated rings. The molecule has 0 aliphatic heterocycles. The summed E-state index contributed by atoms with van der Waals surface area (Å²) in [5.41, 5.74) is 8.82. The Labute approximate surface area is 259 Å². The third kappa shape index (κ3) is 4.02.